The molecule has 3 aromatic rings. The Bertz CT molecular complexity index is 1100. The number of amides is 4. The Morgan fingerprint density at radius 3 is 1.28 bits per heavy atom. The first kappa shape index (κ1) is 26.4. The van der Waals surface area contributed by atoms with Gasteiger partial charge >= 0.3 is 24.4 Å². The molecule has 0 aromatic heterocycles. The van der Waals surface area contributed by atoms with Crippen molar-refractivity contribution >= 4 is 23.4 Å². The molecule has 3 rings (SSSR count). The minimum atomic E-state index is -4.47. The van der Waals surface area contributed by atoms with E-state index in [9.17, 15) is 35.9 Å². The minimum absolute atomic E-state index is 0.109. The van der Waals surface area contributed by atoms with Crippen LogP contribution in [0.5, 0.6) is 0 Å². The summed E-state index contributed by atoms with van der Waals surface area (Å²) in [6.07, 6.45) is -8.94. The van der Waals surface area contributed by atoms with Gasteiger partial charge in [-0.15, -0.1) is 0 Å². The van der Waals surface area contributed by atoms with E-state index in [1.807, 2.05) is 0 Å². The zero-order chi connectivity index (χ0) is 26.3. The molecule has 0 fully saturated rings. The van der Waals surface area contributed by atoms with Crippen LogP contribution in [0.2, 0.25) is 0 Å². The van der Waals surface area contributed by atoms with E-state index in [2.05, 4.69) is 21.3 Å². The van der Waals surface area contributed by atoms with Crippen molar-refractivity contribution < 1.29 is 35.9 Å². The molecular weight excluding hydrogens is 490 g/mol. The molecule has 36 heavy (non-hydrogen) atoms. The molecule has 0 radical (unpaired) electrons. The lowest BCUT2D eigenvalue weighted by Crippen LogP contribution is -2.29. The Balaban J connectivity index is 1.46. The van der Waals surface area contributed by atoms with Gasteiger partial charge in [-0.05, 0) is 59.7 Å². The number of carbonyl (C=O) groups excluding carboxylic acids is 2. The predicted molar refractivity (Wildman–Crippen MR) is 121 cm³/mol. The first-order valence-electron chi connectivity index (χ1n) is 10.4. The number of benzene rings is 3. The summed E-state index contributed by atoms with van der Waals surface area (Å²) in [5.41, 5.74) is 0.119. The van der Waals surface area contributed by atoms with Crippen LogP contribution in [0.15, 0.2) is 72.8 Å². The molecule has 0 aliphatic carbocycles. The van der Waals surface area contributed by atoms with E-state index in [1.165, 1.54) is 0 Å². The highest BCUT2D eigenvalue weighted by Gasteiger charge is 2.30. The Labute approximate surface area is 201 Å². The fourth-order valence-corrected chi connectivity index (χ4v) is 3.05. The van der Waals surface area contributed by atoms with Crippen LogP contribution in [0.25, 0.3) is 0 Å². The first-order valence-corrected chi connectivity index (χ1v) is 10.4. The summed E-state index contributed by atoms with van der Waals surface area (Å²) in [5.74, 6) is 0. The third-order valence-electron chi connectivity index (χ3n) is 4.84. The number of halogens is 6. The highest BCUT2D eigenvalue weighted by molar-refractivity contribution is 5.89. The highest BCUT2D eigenvalue weighted by atomic mass is 19.4. The molecule has 190 valence electrons. The number of hydrogen-bond donors (Lipinski definition) is 4. The SMILES string of the molecule is O=C(NCc1cccc(CNC(=O)Nc2ccc(C(F)(F)F)cc2)c1)Nc1ccc(C(F)(F)F)cc1. The lowest BCUT2D eigenvalue weighted by Gasteiger charge is -2.11. The van der Waals surface area contributed by atoms with E-state index in [1.54, 1.807) is 24.3 Å². The lowest BCUT2D eigenvalue weighted by atomic mass is 10.1. The van der Waals surface area contributed by atoms with Crippen molar-refractivity contribution in [3.63, 3.8) is 0 Å². The van der Waals surface area contributed by atoms with Crippen molar-refractivity contribution in [3.05, 3.63) is 95.1 Å². The normalized spacial score (nSPS) is 11.5. The van der Waals surface area contributed by atoms with E-state index < -0.39 is 35.5 Å². The van der Waals surface area contributed by atoms with E-state index in [4.69, 9.17) is 0 Å². The average Bonchev–Trinajstić information content (AvgIpc) is 2.81. The quantitative estimate of drug-likeness (QED) is 0.291. The Morgan fingerprint density at radius 1 is 0.583 bits per heavy atom. The van der Waals surface area contributed by atoms with Gasteiger partial charge in [0.2, 0.25) is 0 Å². The maximum atomic E-state index is 12.6. The molecule has 0 bridgehead atoms. The van der Waals surface area contributed by atoms with Crippen molar-refractivity contribution in [2.24, 2.45) is 0 Å². The van der Waals surface area contributed by atoms with E-state index in [0.29, 0.717) is 11.1 Å². The highest BCUT2D eigenvalue weighted by Crippen LogP contribution is 2.30. The van der Waals surface area contributed by atoms with Crippen LogP contribution in [-0.2, 0) is 25.4 Å². The molecule has 6 nitrogen and oxygen atoms in total. The smallest absolute Gasteiger partial charge is 0.334 e. The number of anilines is 2. The van der Waals surface area contributed by atoms with Crippen molar-refractivity contribution in [3.8, 4) is 0 Å². The molecule has 0 aliphatic rings. The van der Waals surface area contributed by atoms with Gasteiger partial charge in [0.05, 0.1) is 11.1 Å². The molecule has 0 aliphatic heterocycles. The molecule has 0 heterocycles. The molecule has 0 unspecified atom stereocenters. The summed E-state index contributed by atoms with van der Waals surface area (Å²) in [6.45, 7) is 0.218. The molecule has 4 N–H and O–H groups in total. The Morgan fingerprint density at radius 2 is 0.944 bits per heavy atom. The van der Waals surface area contributed by atoms with Crippen LogP contribution in [0, 0.1) is 0 Å². The Kier molecular flexibility index (Phi) is 8.07. The first-order chi connectivity index (χ1) is 16.9. The van der Waals surface area contributed by atoms with Crippen LogP contribution >= 0.6 is 0 Å². The predicted octanol–water partition coefficient (Wildman–Crippen LogP) is 6.37. The zero-order valence-corrected chi connectivity index (χ0v) is 18.4. The molecule has 0 atom stereocenters. The van der Waals surface area contributed by atoms with Crippen molar-refractivity contribution in [2.45, 2.75) is 25.4 Å². The topological polar surface area (TPSA) is 82.3 Å². The molecular formula is C24H20F6N4O2. The molecule has 0 spiro atoms. The van der Waals surface area contributed by atoms with Crippen molar-refractivity contribution in [1.82, 2.24) is 10.6 Å². The second kappa shape index (κ2) is 11.0. The monoisotopic (exact) mass is 510 g/mol. The van der Waals surface area contributed by atoms with Crippen LogP contribution in [0.3, 0.4) is 0 Å². The fourth-order valence-electron chi connectivity index (χ4n) is 3.05. The van der Waals surface area contributed by atoms with Crippen LogP contribution in [0.4, 0.5) is 47.3 Å². The molecule has 0 saturated heterocycles. The van der Waals surface area contributed by atoms with Crippen LogP contribution in [-0.4, -0.2) is 12.1 Å². The fraction of sp³-hybridized carbons (Fsp3) is 0.167. The summed E-state index contributed by atoms with van der Waals surface area (Å²) < 4.78 is 75.7. The number of hydrogen-bond acceptors (Lipinski definition) is 2. The summed E-state index contributed by atoms with van der Waals surface area (Å²) in [6, 6.07) is 13.7. The maximum Gasteiger partial charge on any atom is 0.416 e. The van der Waals surface area contributed by atoms with Gasteiger partial charge in [0, 0.05) is 24.5 Å². The average molecular weight is 510 g/mol. The van der Waals surface area contributed by atoms with E-state index in [-0.39, 0.29) is 24.5 Å². The van der Waals surface area contributed by atoms with Gasteiger partial charge in [-0.1, -0.05) is 24.3 Å². The number of rotatable bonds is 6. The number of alkyl halides is 6. The molecule has 12 heteroatoms. The van der Waals surface area contributed by atoms with Crippen molar-refractivity contribution in [2.75, 3.05) is 10.6 Å². The van der Waals surface area contributed by atoms with Crippen LogP contribution < -0.4 is 21.3 Å². The third kappa shape index (κ3) is 7.93. The molecule has 3 aromatic carbocycles. The van der Waals surface area contributed by atoms with Gasteiger partial charge in [-0.25, -0.2) is 9.59 Å². The number of nitrogens with one attached hydrogen (secondary N) is 4. The third-order valence-corrected chi connectivity index (χ3v) is 4.84. The molecule has 4 amide bonds. The molecule has 0 saturated carbocycles. The van der Waals surface area contributed by atoms with Gasteiger partial charge in [-0.3, -0.25) is 0 Å². The second-order valence-corrected chi connectivity index (χ2v) is 7.59. The summed E-state index contributed by atoms with van der Waals surface area (Å²) in [5, 5.41) is 10.0. The summed E-state index contributed by atoms with van der Waals surface area (Å²) in [4.78, 5) is 24.1. The van der Waals surface area contributed by atoms with Gasteiger partial charge in [-0.2, -0.15) is 26.3 Å². The lowest BCUT2D eigenvalue weighted by molar-refractivity contribution is -0.138. The van der Waals surface area contributed by atoms with Gasteiger partial charge in [0.25, 0.3) is 0 Å². The van der Waals surface area contributed by atoms with Gasteiger partial charge in [0.1, 0.15) is 0 Å². The van der Waals surface area contributed by atoms with Gasteiger partial charge < -0.3 is 21.3 Å². The van der Waals surface area contributed by atoms with E-state index in [0.717, 1.165) is 48.5 Å². The van der Waals surface area contributed by atoms with Crippen molar-refractivity contribution in [1.29, 1.82) is 0 Å². The Hall–Kier alpha value is -4.22. The number of urea groups is 2. The van der Waals surface area contributed by atoms with E-state index >= 15 is 0 Å². The summed E-state index contributed by atoms with van der Waals surface area (Å²) in [7, 11) is 0. The minimum Gasteiger partial charge on any atom is -0.334 e. The van der Waals surface area contributed by atoms with Crippen LogP contribution in [0.1, 0.15) is 22.3 Å². The number of carbonyl (C=O) groups is 2. The van der Waals surface area contributed by atoms with Gasteiger partial charge in [0.15, 0.2) is 0 Å². The maximum absolute atomic E-state index is 12.6. The largest absolute Gasteiger partial charge is 0.416 e. The zero-order valence-electron chi connectivity index (χ0n) is 18.4. The summed E-state index contributed by atoms with van der Waals surface area (Å²) >= 11 is 0. The second-order valence-electron chi connectivity index (χ2n) is 7.59. The standard InChI is InChI=1S/C24H20F6N4O2/c25-23(26,27)17-4-8-19(9-5-17)33-21(35)31-13-15-2-1-3-16(12-15)14-32-22(36)34-20-10-6-18(7-11-20)24(28,29)30/h1-12H,13-14H2,(H2,31,33,35)(H2,32,34,36).